The molecule has 112 valence electrons. The number of carbonyl (C=O) groups excluding carboxylic acids is 1. The van der Waals surface area contributed by atoms with Gasteiger partial charge in [-0.15, -0.1) is 0 Å². The number of benzene rings is 2. The van der Waals surface area contributed by atoms with Crippen molar-refractivity contribution in [2.24, 2.45) is 5.73 Å². The minimum Gasteiger partial charge on any atom is -0.491 e. The van der Waals surface area contributed by atoms with Gasteiger partial charge in [-0.1, -0.05) is 30.3 Å². The normalized spacial score (nSPS) is 13.0. The van der Waals surface area contributed by atoms with Crippen LogP contribution in [-0.2, 0) is 11.2 Å². The fourth-order valence-electron chi connectivity index (χ4n) is 2.08. The summed E-state index contributed by atoms with van der Waals surface area (Å²) in [5.74, 6) is 0.466. The summed E-state index contributed by atoms with van der Waals surface area (Å²) < 4.78 is 5.65. The molecule has 4 nitrogen and oxygen atoms in total. The number of nitrogens with zero attached hydrogens (tertiary/aromatic N) is 1. The van der Waals surface area contributed by atoms with Gasteiger partial charge in [0, 0.05) is 6.42 Å². The Morgan fingerprint density at radius 1 is 1.18 bits per heavy atom. The van der Waals surface area contributed by atoms with Gasteiger partial charge in [-0.2, -0.15) is 5.26 Å². The van der Waals surface area contributed by atoms with Gasteiger partial charge < -0.3 is 10.5 Å². The predicted octanol–water partition coefficient (Wildman–Crippen LogP) is 2.47. The van der Waals surface area contributed by atoms with E-state index in [0.29, 0.717) is 17.7 Å². The Morgan fingerprint density at radius 2 is 1.82 bits per heavy atom. The van der Waals surface area contributed by atoms with E-state index in [1.165, 1.54) is 6.92 Å². The van der Waals surface area contributed by atoms with Crippen LogP contribution in [0.15, 0.2) is 54.6 Å². The van der Waals surface area contributed by atoms with E-state index in [1.54, 1.807) is 24.3 Å². The molecule has 2 rings (SSSR count). The molecule has 0 radical (unpaired) electrons. The molecule has 0 unspecified atom stereocenters. The predicted molar refractivity (Wildman–Crippen MR) is 84.4 cm³/mol. The summed E-state index contributed by atoms with van der Waals surface area (Å²) in [5, 5.41) is 8.77. The van der Waals surface area contributed by atoms with E-state index in [0.717, 1.165) is 5.56 Å². The second-order valence-electron chi connectivity index (χ2n) is 5.30. The number of carbonyl (C=O) groups is 1. The van der Waals surface area contributed by atoms with E-state index in [1.807, 2.05) is 36.4 Å². The molecule has 0 fully saturated rings. The standard InChI is InChI=1S/C18H18N2O2/c1-14(21)18(20,11-15-5-3-2-4-6-15)13-22-17-9-7-16(12-19)8-10-17/h2-10H,11,13,20H2,1H3/t18-/m0/s1. The molecule has 0 aliphatic rings. The van der Waals surface area contributed by atoms with Crippen molar-refractivity contribution in [1.29, 1.82) is 5.26 Å². The van der Waals surface area contributed by atoms with Crippen LogP contribution < -0.4 is 10.5 Å². The fourth-order valence-corrected chi connectivity index (χ4v) is 2.08. The van der Waals surface area contributed by atoms with Crippen molar-refractivity contribution in [3.63, 3.8) is 0 Å². The fraction of sp³-hybridized carbons (Fsp3) is 0.222. The Balaban J connectivity index is 2.07. The Labute approximate surface area is 130 Å². The summed E-state index contributed by atoms with van der Waals surface area (Å²) in [7, 11) is 0. The maximum absolute atomic E-state index is 11.9. The summed E-state index contributed by atoms with van der Waals surface area (Å²) in [4.78, 5) is 11.9. The highest BCUT2D eigenvalue weighted by molar-refractivity contribution is 5.86. The number of nitrogens with two attached hydrogens (primary N) is 1. The minimum atomic E-state index is -1.07. The lowest BCUT2D eigenvalue weighted by Crippen LogP contribution is -2.53. The summed E-state index contributed by atoms with van der Waals surface area (Å²) in [5.41, 5.74) is 6.72. The second kappa shape index (κ2) is 6.88. The van der Waals surface area contributed by atoms with Gasteiger partial charge in [-0.25, -0.2) is 0 Å². The van der Waals surface area contributed by atoms with Gasteiger partial charge in [0.05, 0.1) is 11.6 Å². The van der Waals surface area contributed by atoms with Gasteiger partial charge in [0.2, 0.25) is 0 Å². The van der Waals surface area contributed by atoms with Crippen molar-refractivity contribution in [1.82, 2.24) is 0 Å². The Bertz CT molecular complexity index is 674. The zero-order valence-electron chi connectivity index (χ0n) is 12.5. The highest BCUT2D eigenvalue weighted by atomic mass is 16.5. The molecule has 0 bridgehead atoms. The molecular weight excluding hydrogens is 276 g/mol. The van der Waals surface area contributed by atoms with Crippen LogP contribution in [0.2, 0.25) is 0 Å². The summed E-state index contributed by atoms with van der Waals surface area (Å²) in [6, 6.07) is 18.4. The third-order valence-corrected chi connectivity index (χ3v) is 3.54. The maximum Gasteiger partial charge on any atom is 0.153 e. The van der Waals surface area contributed by atoms with Crippen LogP contribution >= 0.6 is 0 Å². The second-order valence-corrected chi connectivity index (χ2v) is 5.30. The molecule has 0 saturated carbocycles. The number of rotatable bonds is 6. The Morgan fingerprint density at radius 3 is 2.36 bits per heavy atom. The van der Waals surface area contributed by atoms with Gasteiger partial charge in [-0.05, 0) is 36.8 Å². The van der Waals surface area contributed by atoms with Crippen LogP contribution in [0.25, 0.3) is 0 Å². The molecule has 0 aliphatic heterocycles. The van der Waals surface area contributed by atoms with Crippen molar-refractivity contribution in [3.05, 3.63) is 65.7 Å². The zero-order chi connectivity index (χ0) is 16.0. The van der Waals surface area contributed by atoms with Crippen molar-refractivity contribution in [2.45, 2.75) is 18.9 Å². The minimum absolute atomic E-state index is 0.0864. The molecular formula is C18H18N2O2. The van der Waals surface area contributed by atoms with Gasteiger partial charge in [0.1, 0.15) is 17.9 Å². The number of hydrogen-bond donors (Lipinski definition) is 1. The zero-order valence-corrected chi connectivity index (χ0v) is 12.5. The van der Waals surface area contributed by atoms with Gasteiger partial charge in [-0.3, -0.25) is 4.79 Å². The lowest BCUT2D eigenvalue weighted by molar-refractivity contribution is -0.123. The number of ketones is 1. The first-order chi connectivity index (χ1) is 10.5. The first-order valence-corrected chi connectivity index (χ1v) is 7.00. The van der Waals surface area contributed by atoms with Crippen LogP contribution in [-0.4, -0.2) is 17.9 Å². The van der Waals surface area contributed by atoms with Crippen molar-refractivity contribution < 1.29 is 9.53 Å². The van der Waals surface area contributed by atoms with Gasteiger partial charge >= 0.3 is 0 Å². The molecule has 0 amide bonds. The smallest absolute Gasteiger partial charge is 0.153 e. The quantitative estimate of drug-likeness (QED) is 0.888. The van der Waals surface area contributed by atoms with Crippen molar-refractivity contribution in [2.75, 3.05) is 6.61 Å². The van der Waals surface area contributed by atoms with Crippen LogP contribution in [0.5, 0.6) is 5.75 Å². The van der Waals surface area contributed by atoms with Crippen LogP contribution in [0.3, 0.4) is 0 Å². The first kappa shape index (κ1) is 15.7. The van der Waals surface area contributed by atoms with E-state index in [9.17, 15) is 4.79 Å². The number of hydrogen-bond acceptors (Lipinski definition) is 4. The molecule has 22 heavy (non-hydrogen) atoms. The lowest BCUT2D eigenvalue weighted by atomic mass is 9.89. The third-order valence-electron chi connectivity index (χ3n) is 3.54. The third kappa shape index (κ3) is 3.94. The van der Waals surface area contributed by atoms with Crippen molar-refractivity contribution >= 4 is 5.78 Å². The molecule has 0 aromatic heterocycles. The van der Waals surface area contributed by atoms with E-state index in [2.05, 4.69) is 0 Å². The topological polar surface area (TPSA) is 76.1 Å². The largest absolute Gasteiger partial charge is 0.491 e. The number of ether oxygens (including phenoxy) is 1. The summed E-state index contributed by atoms with van der Waals surface area (Å²) in [6.45, 7) is 1.56. The highest BCUT2D eigenvalue weighted by Gasteiger charge is 2.32. The summed E-state index contributed by atoms with van der Waals surface area (Å²) in [6.07, 6.45) is 0.416. The first-order valence-electron chi connectivity index (χ1n) is 7.00. The highest BCUT2D eigenvalue weighted by Crippen LogP contribution is 2.17. The maximum atomic E-state index is 11.9. The average Bonchev–Trinajstić information content (AvgIpc) is 2.54. The van der Waals surface area contributed by atoms with Crippen LogP contribution in [0, 0.1) is 11.3 Å². The molecule has 4 heteroatoms. The molecule has 1 atom stereocenters. The number of Topliss-reactive ketones (excluding diaryl/α,β-unsaturated/α-hetero) is 1. The molecule has 2 aromatic carbocycles. The van der Waals surface area contributed by atoms with Crippen LogP contribution in [0.1, 0.15) is 18.1 Å². The SMILES string of the molecule is CC(=O)[C@@](N)(COc1ccc(C#N)cc1)Cc1ccccc1. The van der Waals surface area contributed by atoms with Gasteiger partial charge in [0.15, 0.2) is 5.78 Å². The molecule has 0 saturated heterocycles. The van der Waals surface area contributed by atoms with E-state index >= 15 is 0 Å². The molecule has 0 heterocycles. The lowest BCUT2D eigenvalue weighted by Gasteiger charge is -2.26. The molecule has 2 N–H and O–H groups in total. The molecule has 2 aromatic rings. The monoisotopic (exact) mass is 294 g/mol. The van der Waals surface area contributed by atoms with E-state index in [-0.39, 0.29) is 12.4 Å². The van der Waals surface area contributed by atoms with Crippen LogP contribution in [0.4, 0.5) is 0 Å². The summed E-state index contributed by atoms with van der Waals surface area (Å²) >= 11 is 0. The van der Waals surface area contributed by atoms with Gasteiger partial charge in [0.25, 0.3) is 0 Å². The molecule has 0 aliphatic carbocycles. The Hall–Kier alpha value is -2.64. The Kier molecular flexibility index (Phi) is 4.92. The van der Waals surface area contributed by atoms with E-state index in [4.69, 9.17) is 15.7 Å². The van der Waals surface area contributed by atoms with E-state index < -0.39 is 5.54 Å². The average molecular weight is 294 g/mol. The number of nitriles is 1. The molecule has 0 spiro atoms. The van der Waals surface area contributed by atoms with Crippen molar-refractivity contribution in [3.8, 4) is 11.8 Å².